The highest BCUT2D eigenvalue weighted by molar-refractivity contribution is 7.98. The summed E-state index contributed by atoms with van der Waals surface area (Å²) in [6, 6.07) is 6.04. The Hall–Kier alpha value is -2.06. The smallest absolute Gasteiger partial charge is 0.168 e. The van der Waals surface area contributed by atoms with Gasteiger partial charge in [0.25, 0.3) is 0 Å². The molecule has 0 amide bonds. The molecule has 0 atom stereocenters. The molecule has 0 aliphatic carbocycles. The molecule has 3 aromatic rings. The van der Waals surface area contributed by atoms with Crippen LogP contribution in [0.25, 0.3) is 11.3 Å². The number of ether oxygens (including phenoxy) is 2. The zero-order valence-electron chi connectivity index (χ0n) is 13.1. The third-order valence-corrected chi connectivity index (χ3v) is 5.59. The van der Waals surface area contributed by atoms with E-state index in [1.807, 2.05) is 18.3 Å². The van der Waals surface area contributed by atoms with Gasteiger partial charge < -0.3 is 14.0 Å². The summed E-state index contributed by atoms with van der Waals surface area (Å²) in [7, 11) is 0. The largest absolute Gasteiger partial charge is 0.486 e. The number of aromatic nitrogens is 4. The lowest BCUT2D eigenvalue weighted by Gasteiger charge is -2.19. The maximum Gasteiger partial charge on any atom is 0.168 e. The summed E-state index contributed by atoms with van der Waals surface area (Å²) in [5.41, 5.74) is 3.91. The Morgan fingerprint density at radius 1 is 1.25 bits per heavy atom. The Morgan fingerprint density at radius 2 is 2.12 bits per heavy atom. The topological polar surface area (TPSA) is 62.1 Å². The number of nitrogens with zero attached hydrogens (tertiary/aromatic N) is 4. The molecular formula is C16H16N4O2S2. The number of rotatable bonds is 5. The van der Waals surface area contributed by atoms with Crippen molar-refractivity contribution in [1.82, 2.24) is 19.7 Å². The first-order chi connectivity index (χ1) is 11.8. The predicted molar refractivity (Wildman–Crippen MR) is 93.8 cm³/mol. The van der Waals surface area contributed by atoms with Crippen LogP contribution in [-0.2, 0) is 12.3 Å². The highest BCUT2D eigenvalue weighted by Crippen LogP contribution is 2.36. The van der Waals surface area contributed by atoms with Crippen LogP contribution in [0.5, 0.6) is 11.5 Å². The molecule has 4 rings (SSSR count). The SMILES string of the molecule is CCn1c(-c2ccc3c(c2)OCCO3)cnc1SCc1nncs1. The number of fused-ring (bicyclic) bond motifs is 1. The molecule has 24 heavy (non-hydrogen) atoms. The van der Waals surface area contributed by atoms with Crippen molar-refractivity contribution in [2.24, 2.45) is 0 Å². The standard InChI is InChI=1S/C16H16N4O2S2/c1-2-20-12(8-17-16(20)23-9-15-19-18-10-24-15)11-3-4-13-14(7-11)22-6-5-21-13/h3-4,7-8,10H,2,5-6,9H2,1H3. The highest BCUT2D eigenvalue weighted by Gasteiger charge is 2.16. The van der Waals surface area contributed by atoms with Crippen molar-refractivity contribution in [3.05, 3.63) is 34.9 Å². The van der Waals surface area contributed by atoms with Gasteiger partial charge in [-0.1, -0.05) is 11.8 Å². The minimum atomic E-state index is 0.590. The van der Waals surface area contributed by atoms with Crippen LogP contribution in [0, 0.1) is 0 Å². The van der Waals surface area contributed by atoms with Crippen molar-refractivity contribution in [3.63, 3.8) is 0 Å². The maximum absolute atomic E-state index is 5.69. The minimum absolute atomic E-state index is 0.590. The van der Waals surface area contributed by atoms with Crippen LogP contribution in [-0.4, -0.2) is 33.0 Å². The lowest BCUT2D eigenvalue weighted by atomic mass is 10.1. The van der Waals surface area contributed by atoms with Gasteiger partial charge in [0.15, 0.2) is 16.7 Å². The number of thioether (sulfide) groups is 1. The molecule has 1 aliphatic heterocycles. The van der Waals surface area contributed by atoms with E-state index in [0.29, 0.717) is 13.2 Å². The molecule has 3 heterocycles. The number of imidazole rings is 1. The predicted octanol–water partition coefficient (Wildman–Crippen LogP) is 3.49. The molecule has 1 aliphatic rings. The molecule has 0 N–H and O–H groups in total. The number of benzene rings is 1. The molecular weight excluding hydrogens is 344 g/mol. The summed E-state index contributed by atoms with van der Waals surface area (Å²) in [6.45, 7) is 4.17. The van der Waals surface area contributed by atoms with Crippen LogP contribution in [0.3, 0.4) is 0 Å². The Bertz CT molecular complexity index is 833. The third kappa shape index (κ3) is 2.99. The fourth-order valence-corrected chi connectivity index (χ4v) is 4.18. The van der Waals surface area contributed by atoms with Crippen molar-refractivity contribution in [3.8, 4) is 22.8 Å². The molecule has 0 spiro atoms. The lowest BCUT2D eigenvalue weighted by molar-refractivity contribution is 0.171. The van der Waals surface area contributed by atoms with Crippen molar-refractivity contribution in [2.75, 3.05) is 13.2 Å². The van der Waals surface area contributed by atoms with Gasteiger partial charge in [-0.15, -0.1) is 21.5 Å². The summed E-state index contributed by atoms with van der Waals surface area (Å²) < 4.78 is 13.5. The molecule has 124 valence electrons. The minimum Gasteiger partial charge on any atom is -0.486 e. The van der Waals surface area contributed by atoms with Crippen molar-refractivity contribution in [1.29, 1.82) is 0 Å². The van der Waals surface area contributed by atoms with Crippen molar-refractivity contribution >= 4 is 23.1 Å². The van der Waals surface area contributed by atoms with E-state index < -0.39 is 0 Å². The van der Waals surface area contributed by atoms with Gasteiger partial charge >= 0.3 is 0 Å². The van der Waals surface area contributed by atoms with Crippen LogP contribution in [0.2, 0.25) is 0 Å². The monoisotopic (exact) mass is 360 g/mol. The average Bonchev–Trinajstić information content (AvgIpc) is 3.28. The summed E-state index contributed by atoms with van der Waals surface area (Å²) in [4.78, 5) is 4.59. The van der Waals surface area contributed by atoms with Crippen molar-refractivity contribution < 1.29 is 9.47 Å². The second-order valence-corrected chi connectivity index (χ2v) is 7.01. The first-order valence-electron chi connectivity index (χ1n) is 7.68. The first-order valence-corrected chi connectivity index (χ1v) is 9.55. The van der Waals surface area contributed by atoms with Crippen LogP contribution >= 0.6 is 23.1 Å². The van der Waals surface area contributed by atoms with E-state index in [1.165, 1.54) is 0 Å². The van der Waals surface area contributed by atoms with Crippen molar-refractivity contribution in [2.45, 2.75) is 24.4 Å². The fourth-order valence-electron chi connectivity index (χ4n) is 2.60. The molecule has 0 radical (unpaired) electrons. The van der Waals surface area contributed by atoms with Gasteiger partial charge in [-0.25, -0.2) is 4.98 Å². The van der Waals surface area contributed by atoms with Gasteiger partial charge in [-0.05, 0) is 25.1 Å². The lowest BCUT2D eigenvalue weighted by Crippen LogP contribution is -2.15. The van der Waals surface area contributed by atoms with Gasteiger partial charge in [-0.3, -0.25) is 0 Å². The van der Waals surface area contributed by atoms with E-state index in [9.17, 15) is 0 Å². The van der Waals surface area contributed by atoms with Gasteiger partial charge in [0.2, 0.25) is 0 Å². The molecule has 0 bridgehead atoms. The van der Waals surface area contributed by atoms with Gasteiger partial charge in [0.05, 0.1) is 17.6 Å². The summed E-state index contributed by atoms with van der Waals surface area (Å²) in [6.07, 6.45) is 1.91. The molecule has 0 fully saturated rings. The average molecular weight is 360 g/mol. The molecule has 6 nitrogen and oxygen atoms in total. The van der Waals surface area contributed by atoms with E-state index in [2.05, 4.69) is 32.7 Å². The van der Waals surface area contributed by atoms with Gasteiger partial charge in [0.1, 0.15) is 23.7 Å². The Kier molecular flexibility index (Phi) is 4.40. The summed E-state index contributed by atoms with van der Waals surface area (Å²) in [5, 5.41) is 9.94. The Balaban J connectivity index is 1.61. The molecule has 0 saturated carbocycles. The second-order valence-electron chi connectivity index (χ2n) is 5.15. The van der Waals surface area contributed by atoms with Crippen LogP contribution in [0.15, 0.2) is 35.1 Å². The zero-order valence-corrected chi connectivity index (χ0v) is 14.8. The quantitative estimate of drug-likeness (QED) is 0.649. The Labute approximate surface area is 147 Å². The molecule has 0 saturated heterocycles. The highest BCUT2D eigenvalue weighted by atomic mass is 32.2. The van der Waals surface area contributed by atoms with E-state index in [1.54, 1.807) is 28.6 Å². The zero-order chi connectivity index (χ0) is 16.4. The third-order valence-electron chi connectivity index (χ3n) is 3.70. The first kappa shape index (κ1) is 15.5. The Morgan fingerprint density at radius 3 is 2.92 bits per heavy atom. The summed E-state index contributed by atoms with van der Waals surface area (Å²) in [5.74, 6) is 2.38. The van der Waals surface area contributed by atoms with E-state index in [-0.39, 0.29) is 0 Å². The van der Waals surface area contributed by atoms with Crippen LogP contribution in [0.4, 0.5) is 0 Å². The maximum atomic E-state index is 5.69. The fraction of sp³-hybridized carbons (Fsp3) is 0.312. The number of hydrogen-bond acceptors (Lipinski definition) is 7. The molecule has 8 heteroatoms. The van der Waals surface area contributed by atoms with E-state index in [4.69, 9.17) is 9.47 Å². The van der Waals surface area contributed by atoms with Crippen LogP contribution in [0.1, 0.15) is 11.9 Å². The van der Waals surface area contributed by atoms with Gasteiger partial charge in [-0.2, -0.15) is 0 Å². The number of hydrogen-bond donors (Lipinski definition) is 0. The molecule has 0 unspecified atom stereocenters. The molecule has 2 aromatic heterocycles. The van der Waals surface area contributed by atoms with E-state index in [0.717, 1.165) is 45.2 Å². The summed E-state index contributed by atoms with van der Waals surface area (Å²) >= 11 is 3.24. The normalized spacial score (nSPS) is 13.2. The van der Waals surface area contributed by atoms with E-state index >= 15 is 0 Å². The second kappa shape index (κ2) is 6.82. The van der Waals surface area contributed by atoms with Crippen LogP contribution < -0.4 is 9.47 Å². The van der Waals surface area contributed by atoms with Gasteiger partial charge in [0, 0.05) is 12.1 Å². The molecule has 1 aromatic carbocycles.